The van der Waals surface area contributed by atoms with E-state index in [1.807, 2.05) is 38.1 Å². The van der Waals surface area contributed by atoms with Gasteiger partial charge >= 0.3 is 0 Å². The fourth-order valence-corrected chi connectivity index (χ4v) is 1.43. The number of benzene rings is 1. The van der Waals surface area contributed by atoms with E-state index in [4.69, 9.17) is 9.84 Å². The minimum absolute atomic E-state index is 0.179. The second-order valence-corrected chi connectivity index (χ2v) is 4.25. The van der Waals surface area contributed by atoms with Crippen molar-refractivity contribution in [2.75, 3.05) is 6.54 Å². The third-order valence-electron chi connectivity index (χ3n) is 2.09. The second-order valence-electron chi connectivity index (χ2n) is 4.25. The predicted molar refractivity (Wildman–Crippen MR) is 65.6 cm³/mol. The van der Waals surface area contributed by atoms with Crippen molar-refractivity contribution in [3.8, 4) is 5.75 Å². The van der Waals surface area contributed by atoms with E-state index in [1.54, 1.807) is 6.92 Å². The average Bonchev–Trinajstić information content (AvgIpc) is 2.19. The molecule has 0 heterocycles. The summed E-state index contributed by atoms with van der Waals surface area (Å²) in [4.78, 5) is 0. The van der Waals surface area contributed by atoms with E-state index < -0.39 is 0 Å². The Kier molecular flexibility index (Phi) is 5.29. The van der Waals surface area contributed by atoms with Gasteiger partial charge in [0, 0.05) is 18.7 Å². The van der Waals surface area contributed by atoms with E-state index in [-0.39, 0.29) is 12.2 Å². The monoisotopic (exact) mass is 223 g/mol. The standard InChI is InChI=1S/C13H21NO2/c1-10(2)16-13-7-5-4-6-12(13)9-14-8-11(3)15/h4-7,10-11,14-15H,8-9H2,1-3H3/t11-/m0/s1. The molecule has 16 heavy (non-hydrogen) atoms. The molecule has 1 aromatic rings. The molecule has 0 aliphatic heterocycles. The van der Waals surface area contributed by atoms with E-state index in [1.165, 1.54) is 0 Å². The third kappa shape index (κ3) is 4.64. The van der Waals surface area contributed by atoms with E-state index in [0.29, 0.717) is 13.1 Å². The van der Waals surface area contributed by atoms with Gasteiger partial charge in [0.05, 0.1) is 12.2 Å². The van der Waals surface area contributed by atoms with Crippen LogP contribution in [0.1, 0.15) is 26.3 Å². The average molecular weight is 223 g/mol. The van der Waals surface area contributed by atoms with Crippen LogP contribution in [0.15, 0.2) is 24.3 Å². The van der Waals surface area contributed by atoms with Gasteiger partial charge in [-0.25, -0.2) is 0 Å². The van der Waals surface area contributed by atoms with Crippen molar-refractivity contribution in [2.45, 2.75) is 39.5 Å². The first-order chi connectivity index (χ1) is 7.59. The second kappa shape index (κ2) is 6.51. The Morgan fingerprint density at radius 2 is 1.94 bits per heavy atom. The van der Waals surface area contributed by atoms with Crippen molar-refractivity contribution in [3.05, 3.63) is 29.8 Å². The highest BCUT2D eigenvalue weighted by Gasteiger charge is 2.04. The molecule has 1 rings (SSSR count). The summed E-state index contributed by atoms with van der Waals surface area (Å²) in [6, 6.07) is 7.97. The van der Waals surface area contributed by atoms with Crippen LogP contribution in [-0.4, -0.2) is 23.9 Å². The Labute approximate surface area is 97.4 Å². The molecule has 0 spiro atoms. The molecular weight excluding hydrogens is 202 g/mol. The maximum atomic E-state index is 9.15. The number of rotatable bonds is 6. The molecule has 0 fully saturated rings. The lowest BCUT2D eigenvalue weighted by Gasteiger charge is -2.15. The predicted octanol–water partition coefficient (Wildman–Crippen LogP) is 1.94. The highest BCUT2D eigenvalue weighted by Crippen LogP contribution is 2.18. The lowest BCUT2D eigenvalue weighted by Crippen LogP contribution is -2.24. The lowest BCUT2D eigenvalue weighted by molar-refractivity contribution is 0.190. The Bertz CT molecular complexity index is 311. The number of aliphatic hydroxyl groups is 1. The number of aliphatic hydroxyl groups excluding tert-OH is 1. The molecule has 0 saturated carbocycles. The minimum Gasteiger partial charge on any atom is -0.491 e. The van der Waals surface area contributed by atoms with E-state index in [0.717, 1.165) is 11.3 Å². The largest absolute Gasteiger partial charge is 0.491 e. The van der Waals surface area contributed by atoms with Gasteiger partial charge in [-0.05, 0) is 26.8 Å². The Morgan fingerprint density at radius 1 is 1.25 bits per heavy atom. The summed E-state index contributed by atoms with van der Waals surface area (Å²) >= 11 is 0. The molecule has 0 aromatic heterocycles. The van der Waals surface area contributed by atoms with Crippen LogP contribution in [0, 0.1) is 0 Å². The molecule has 0 bridgehead atoms. The molecule has 1 atom stereocenters. The van der Waals surface area contributed by atoms with Crippen LogP contribution in [0.2, 0.25) is 0 Å². The molecule has 1 aromatic carbocycles. The molecule has 0 aliphatic rings. The van der Waals surface area contributed by atoms with Crippen molar-refractivity contribution in [3.63, 3.8) is 0 Å². The first-order valence-corrected chi connectivity index (χ1v) is 5.73. The summed E-state index contributed by atoms with van der Waals surface area (Å²) in [5.41, 5.74) is 1.12. The normalized spacial score (nSPS) is 12.8. The summed E-state index contributed by atoms with van der Waals surface area (Å²) in [7, 11) is 0. The van der Waals surface area contributed by atoms with Gasteiger partial charge in [0.1, 0.15) is 5.75 Å². The maximum absolute atomic E-state index is 9.15. The fourth-order valence-electron chi connectivity index (χ4n) is 1.43. The van der Waals surface area contributed by atoms with Crippen LogP contribution in [0.25, 0.3) is 0 Å². The number of hydrogen-bond acceptors (Lipinski definition) is 3. The molecule has 2 N–H and O–H groups in total. The molecule has 3 nitrogen and oxygen atoms in total. The highest BCUT2D eigenvalue weighted by atomic mass is 16.5. The summed E-state index contributed by atoms with van der Waals surface area (Å²) in [6.07, 6.45) is -0.143. The van der Waals surface area contributed by atoms with Crippen molar-refractivity contribution >= 4 is 0 Å². The third-order valence-corrected chi connectivity index (χ3v) is 2.09. The van der Waals surface area contributed by atoms with Crippen molar-refractivity contribution in [2.24, 2.45) is 0 Å². The number of hydrogen-bond donors (Lipinski definition) is 2. The van der Waals surface area contributed by atoms with Crippen LogP contribution in [-0.2, 0) is 6.54 Å². The van der Waals surface area contributed by atoms with Crippen molar-refractivity contribution < 1.29 is 9.84 Å². The van der Waals surface area contributed by atoms with Crippen LogP contribution < -0.4 is 10.1 Å². The van der Waals surface area contributed by atoms with Crippen LogP contribution in [0.3, 0.4) is 0 Å². The molecule has 0 amide bonds. The number of ether oxygens (including phenoxy) is 1. The van der Waals surface area contributed by atoms with Gasteiger partial charge in [-0.2, -0.15) is 0 Å². The van der Waals surface area contributed by atoms with E-state index in [2.05, 4.69) is 5.32 Å². The summed E-state index contributed by atoms with van der Waals surface area (Å²) < 4.78 is 5.70. The quantitative estimate of drug-likeness (QED) is 0.774. The number of nitrogens with one attached hydrogen (secondary N) is 1. The van der Waals surface area contributed by atoms with Gasteiger partial charge in [-0.1, -0.05) is 18.2 Å². The molecule has 0 radical (unpaired) electrons. The zero-order valence-electron chi connectivity index (χ0n) is 10.2. The first-order valence-electron chi connectivity index (χ1n) is 5.73. The maximum Gasteiger partial charge on any atom is 0.124 e. The van der Waals surface area contributed by atoms with Crippen LogP contribution in [0.4, 0.5) is 0 Å². The van der Waals surface area contributed by atoms with Crippen molar-refractivity contribution in [1.82, 2.24) is 5.32 Å². The van der Waals surface area contributed by atoms with E-state index >= 15 is 0 Å². The Balaban J connectivity index is 2.56. The van der Waals surface area contributed by atoms with Crippen LogP contribution >= 0.6 is 0 Å². The zero-order chi connectivity index (χ0) is 12.0. The molecule has 0 saturated heterocycles. The van der Waals surface area contributed by atoms with Gasteiger partial charge < -0.3 is 15.2 Å². The topological polar surface area (TPSA) is 41.5 Å². The SMILES string of the molecule is CC(C)Oc1ccccc1CNC[C@H](C)O. The molecule has 3 heteroatoms. The lowest BCUT2D eigenvalue weighted by atomic mass is 10.2. The molecule has 90 valence electrons. The summed E-state index contributed by atoms with van der Waals surface area (Å²) in [6.45, 7) is 7.10. The van der Waals surface area contributed by atoms with Gasteiger partial charge in [0.2, 0.25) is 0 Å². The van der Waals surface area contributed by atoms with Crippen molar-refractivity contribution in [1.29, 1.82) is 0 Å². The zero-order valence-corrected chi connectivity index (χ0v) is 10.2. The fraction of sp³-hybridized carbons (Fsp3) is 0.538. The van der Waals surface area contributed by atoms with Crippen LogP contribution in [0.5, 0.6) is 5.75 Å². The van der Waals surface area contributed by atoms with Gasteiger partial charge in [0.15, 0.2) is 0 Å². The van der Waals surface area contributed by atoms with Gasteiger partial charge in [0.25, 0.3) is 0 Å². The molecule has 0 unspecified atom stereocenters. The first kappa shape index (κ1) is 13.0. The van der Waals surface area contributed by atoms with Gasteiger partial charge in [-0.15, -0.1) is 0 Å². The summed E-state index contributed by atoms with van der Waals surface area (Å²) in [5, 5.41) is 12.3. The molecular formula is C13H21NO2. The Morgan fingerprint density at radius 3 is 2.56 bits per heavy atom. The Hall–Kier alpha value is -1.06. The number of para-hydroxylation sites is 1. The van der Waals surface area contributed by atoms with Gasteiger partial charge in [-0.3, -0.25) is 0 Å². The smallest absolute Gasteiger partial charge is 0.124 e. The molecule has 0 aliphatic carbocycles. The van der Waals surface area contributed by atoms with E-state index in [9.17, 15) is 0 Å². The minimum atomic E-state index is -0.321. The highest BCUT2D eigenvalue weighted by molar-refractivity contribution is 5.33. The summed E-state index contributed by atoms with van der Waals surface area (Å²) in [5.74, 6) is 0.913.